The third kappa shape index (κ3) is 2.79. The average molecular weight is 285 g/mol. The van der Waals surface area contributed by atoms with Crippen molar-refractivity contribution >= 4 is 23.2 Å². The first-order valence-corrected chi connectivity index (χ1v) is 6.54. The number of hydrogen-bond acceptors (Lipinski definition) is 2. The van der Waals surface area contributed by atoms with E-state index in [0.29, 0.717) is 16.5 Å². The van der Waals surface area contributed by atoms with E-state index < -0.39 is 0 Å². The number of imidazole rings is 1. The molecule has 0 amide bonds. The molecule has 1 N–H and O–H groups in total. The molecule has 0 spiro atoms. The Balaban J connectivity index is 2.28. The molecule has 1 aromatic heterocycles. The number of aryl methyl sites for hydroxylation is 1. The molecule has 0 radical (unpaired) electrons. The maximum atomic E-state index is 9.45. The van der Waals surface area contributed by atoms with E-state index >= 15 is 0 Å². The minimum Gasteiger partial charge on any atom is -0.506 e. The summed E-state index contributed by atoms with van der Waals surface area (Å²) < 4.78 is 2.09. The fourth-order valence-electron chi connectivity index (χ4n) is 1.84. The number of benzene rings is 1. The quantitative estimate of drug-likeness (QED) is 0.925. The molecular weight excluding hydrogens is 271 g/mol. The predicted octanol–water partition coefficient (Wildman–Crippen LogP) is 3.90. The van der Waals surface area contributed by atoms with E-state index in [0.717, 1.165) is 24.4 Å². The third-order valence-electron chi connectivity index (χ3n) is 2.73. The molecule has 0 aliphatic rings. The number of hydrogen-bond donors (Lipinski definition) is 1. The van der Waals surface area contributed by atoms with Gasteiger partial charge in [0.2, 0.25) is 0 Å². The Labute approximate surface area is 116 Å². The summed E-state index contributed by atoms with van der Waals surface area (Å²) in [6.07, 6.45) is 5.38. The molecule has 5 heteroatoms. The second-order valence-corrected chi connectivity index (χ2v) is 4.92. The predicted molar refractivity (Wildman–Crippen MR) is 73.5 cm³/mol. The first-order valence-electron chi connectivity index (χ1n) is 5.78. The molecule has 96 valence electrons. The number of rotatable bonds is 4. The smallest absolute Gasteiger partial charge is 0.135 e. The van der Waals surface area contributed by atoms with Crippen molar-refractivity contribution in [1.82, 2.24) is 9.55 Å². The van der Waals surface area contributed by atoms with E-state index in [1.54, 1.807) is 12.3 Å². The normalized spacial score (nSPS) is 10.8. The van der Waals surface area contributed by atoms with Crippen LogP contribution >= 0.6 is 23.2 Å². The molecule has 2 aromatic rings. The lowest BCUT2D eigenvalue weighted by Gasteiger charge is -2.09. The van der Waals surface area contributed by atoms with Gasteiger partial charge in [-0.3, -0.25) is 0 Å². The Morgan fingerprint density at radius 3 is 2.78 bits per heavy atom. The second-order valence-electron chi connectivity index (χ2n) is 4.11. The Kier molecular flexibility index (Phi) is 4.15. The lowest BCUT2D eigenvalue weighted by atomic mass is 10.1. The molecule has 0 aliphatic heterocycles. The maximum Gasteiger partial charge on any atom is 0.135 e. The lowest BCUT2D eigenvalue weighted by molar-refractivity contribution is 0.475. The molecule has 0 saturated carbocycles. The number of phenols is 1. The van der Waals surface area contributed by atoms with Gasteiger partial charge in [-0.25, -0.2) is 4.98 Å². The van der Waals surface area contributed by atoms with Crippen LogP contribution in [0.3, 0.4) is 0 Å². The molecular formula is C13H14Cl2N2O. The van der Waals surface area contributed by atoms with E-state index in [2.05, 4.69) is 16.5 Å². The van der Waals surface area contributed by atoms with Crippen molar-refractivity contribution in [3.63, 3.8) is 0 Å². The van der Waals surface area contributed by atoms with Crippen molar-refractivity contribution in [3.8, 4) is 5.75 Å². The van der Waals surface area contributed by atoms with Crippen LogP contribution < -0.4 is 0 Å². The van der Waals surface area contributed by atoms with Gasteiger partial charge in [0.25, 0.3) is 0 Å². The van der Waals surface area contributed by atoms with Gasteiger partial charge in [0.05, 0.1) is 5.02 Å². The zero-order valence-corrected chi connectivity index (χ0v) is 11.5. The van der Waals surface area contributed by atoms with E-state index in [1.807, 2.05) is 6.20 Å². The van der Waals surface area contributed by atoms with Gasteiger partial charge in [-0.2, -0.15) is 0 Å². The molecule has 1 heterocycles. The number of aromatic nitrogens is 2. The van der Waals surface area contributed by atoms with Crippen LogP contribution in [0, 0.1) is 0 Å². The summed E-state index contributed by atoms with van der Waals surface area (Å²) in [7, 11) is 0. The zero-order valence-electron chi connectivity index (χ0n) is 10.0. The van der Waals surface area contributed by atoms with Crippen LogP contribution in [0.1, 0.15) is 24.7 Å². The fourth-order valence-corrected chi connectivity index (χ4v) is 2.25. The van der Waals surface area contributed by atoms with Gasteiger partial charge in [-0.1, -0.05) is 30.1 Å². The first kappa shape index (κ1) is 13.2. The molecule has 0 bridgehead atoms. The Morgan fingerprint density at radius 2 is 2.06 bits per heavy atom. The van der Waals surface area contributed by atoms with Crippen LogP contribution in [0.4, 0.5) is 0 Å². The largest absolute Gasteiger partial charge is 0.506 e. The molecule has 0 unspecified atom stereocenters. The minimum atomic E-state index is 0.00215. The van der Waals surface area contributed by atoms with Gasteiger partial charge >= 0.3 is 0 Å². The number of aromatic hydroxyl groups is 1. The highest BCUT2D eigenvalue weighted by Gasteiger charge is 2.10. The van der Waals surface area contributed by atoms with Gasteiger partial charge < -0.3 is 9.67 Å². The lowest BCUT2D eigenvalue weighted by Crippen LogP contribution is -2.03. The van der Waals surface area contributed by atoms with Gasteiger partial charge in [0.1, 0.15) is 11.6 Å². The van der Waals surface area contributed by atoms with Crippen molar-refractivity contribution in [2.24, 2.45) is 0 Å². The van der Waals surface area contributed by atoms with Gasteiger partial charge in [0.15, 0.2) is 0 Å². The Hall–Kier alpha value is -1.19. The van der Waals surface area contributed by atoms with E-state index in [9.17, 15) is 5.11 Å². The van der Waals surface area contributed by atoms with Gasteiger partial charge in [-0.05, 0) is 18.1 Å². The van der Waals surface area contributed by atoms with Crippen molar-refractivity contribution in [2.45, 2.75) is 26.3 Å². The van der Waals surface area contributed by atoms with Crippen LogP contribution in [0.2, 0.25) is 10.0 Å². The second kappa shape index (κ2) is 5.63. The van der Waals surface area contributed by atoms with Gasteiger partial charge in [0, 0.05) is 36.4 Å². The van der Waals surface area contributed by atoms with E-state index in [4.69, 9.17) is 23.2 Å². The highest BCUT2D eigenvalue weighted by Crippen LogP contribution is 2.31. The first-order chi connectivity index (χ1) is 8.61. The van der Waals surface area contributed by atoms with E-state index in [-0.39, 0.29) is 5.75 Å². The zero-order chi connectivity index (χ0) is 13.1. The molecule has 0 aliphatic carbocycles. The summed E-state index contributed by atoms with van der Waals surface area (Å²) in [5.41, 5.74) is 0.864. The van der Waals surface area contributed by atoms with Crippen LogP contribution in [0.25, 0.3) is 0 Å². The molecule has 0 atom stereocenters. The van der Waals surface area contributed by atoms with Gasteiger partial charge in [-0.15, -0.1) is 0 Å². The molecule has 3 nitrogen and oxygen atoms in total. The SMILES string of the molecule is CCCn1ccnc1Cc1cc(Cl)c(O)cc1Cl. The topological polar surface area (TPSA) is 38.0 Å². The maximum absolute atomic E-state index is 9.45. The van der Waals surface area contributed by atoms with Crippen molar-refractivity contribution in [1.29, 1.82) is 0 Å². The average Bonchev–Trinajstić information content (AvgIpc) is 2.74. The highest BCUT2D eigenvalue weighted by molar-refractivity contribution is 6.34. The van der Waals surface area contributed by atoms with E-state index in [1.165, 1.54) is 6.07 Å². The van der Waals surface area contributed by atoms with Crippen LogP contribution in [0.5, 0.6) is 5.75 Å². The molecule has 0 saturated heterocycles. The summed E-state index contributed by atoms with van der Waals surface area (Å²) in [5.74, 6) is 0.947. The van der Waals surface area contributed by atoms with Crippen LogP contribution in [0.15, 0.2) is 24.5 Å². The number of halogens is 2. The Bertz CT molecular complexity index is 552. The molecule has 1 aromatic carbocycles. The van der Waals surface area contributed by atoms with Crippen molar-refractivity contribution in [2.75, 3.05) is 0 Å². The fraction of sp³-hybridized carbons (Fsp3) is 0.308. The number of nitrogens with zero attached hydrogens (tertiary/aromatic N) is 2. The minimum absolute atomic E-state index is 0.00215. The standard InChI is InChI=1S/C13H14Cl2N2O/c1-2-4-17-5-3-16-13(17)7-9-6-11(15)12(18)8-10(9)14/h3,5-6,8,18H,2,4,7H2,1H3. The molecule has 18 heavy (non-hydrogen) atoms. The van der Waals surface area contributed by atoms with Crippen molar-refractivity contribution < 1.29 is 5.11 Å². The summed E-state index contributed by atoms with van der Waals surface area (Å²) in [4.78, 5) is 4.32. The summed E-state index contributed by atoms with van der Waals surface area (Å²) in [5, 5.41) is 10.3. The molecule has 0 fully saturated rings. The number of phenolic OH excluding ortho intramolecular Hbond substituents is 1. The van der Waals surface area contributed by atoms with Crippen LogP contribution in [-0.2, 0) is 13.0 Å². The monoisotopic (exact) mass is 284 g/mol. The highest BCUT2D eigenvalue weighted by atomic mass is 35.5. The third-order valence-corrected chi connectivity index (χ3v) is 3.39. The summed E-state index contributed by atoms with van der Waals surface area (Å²) >= 11 is 12.0. The Morgan fingerprint density at radius 1 is 1.28 bits per heavy atom. The van der Waals surface area contributed by atoms with Crippen LogP contribution in [-0.4, -0.2) is 14.7 Å². The van der Waals surface area contributed by atoms with Crippen molar-refractivity contribution in [3.05, 3.63) is 46.0 Å². The molecule has 2 rings (SSSR count). The summed E-state index contributed by atoms with van der Waals surface area (Å²) in [6.45, 7) is 3.05. The summed E-state index contributed by atoms with van der Waals surface area (Å²) in [6, 6.07) is 3.15.